The fourth-order valence-corrected chi connectivity index (χ4v) is 3.66. The molecule has 1 N–H and O–H groups in total. The molecule has 0 spiro atoms. The lowest BCUT2D eigenvalue weighted by atomic mass is 10.2. The molecule has 1 heterocycles. The molecule has 0 aliphatic carbocycles. The number of amides is 1. The molecule has 0 fully saturated rings. The summed E-state index contributed by atoms with van der Waals surface area (Å²) < 4.78 is 17.8. The normalized spacial score (nSPS) is 11.0. The van der Waals surface area contributed by atoms with E-state index in [1.54, 1.807) is 12.1 Å². The minimum Gasteiger partial charge on any atom is -0.490 e. The van der Waals surface area contributed by atoms with Crippen molar-refractivity contribution in [2.24, 2.45) is 5.10 Å². The molecule has 1 aromatic heterocycles. The van der Waals surface area contributed by atoms with E-state index in [1.165, 1.54) is 30.5 Å². The zero-order chi connectivity index (χ0) is 24.8. The Balaban J connectivity index is 1.46. The molecular weight excluding hydrogens is 518 g/mol. The summed E-state index contributed by atoms with van der Waals surface area (Å²) in [7, 11) is 0. The lowest BCUT2D eigenvalue weighted by molar-refractivity contribution is -0.384. The van der Waals surface area contributed by atoms with Gasteiger partial charge >= 0.3 is 5.91 Å². The van der Waals surface area contributed by atoms with Crippen LogP contribution < -0.4 is 14.9 Å². The first-order valence-corrected chi connectivity index (χ1v) is 11.4. The van der Waals surface area contributed by atoms with E-state index in [1.807, 2.05) is 37.3 Å². The molecule has 0 atom stereocenters. The van der Waals surface area contributed by atoms with Crippen LogP contribution in [-0.2, 0) is 6.61 Å². The Kier molecular flexibility index (Phi) is 7.41. The first kappa shape index (κ1) is 24.0. The van der Waals surface area contributed by atoms with Gasteiger partial charge in [-0.2, -0.15) is 5.10 Å². The monoisotopic (exact) mass is 537 g/mol. The summed E-state index contributed by atoms with van der Waals surface area (Å²) in [6.07, 6.45) is 1.46. The average Bonchev–Trinajstić information content (AvgIpc) is 3.29. The molecule has 0 radical (unpaired) electrons. The summed E-state index contributed by atoms with van der Waals surface area (Å²) in [6, 6.07) is 18.8. The van der Waals surface area contributed by atoms with Gasteiger partial charge in [0.25, 0.3) is 5.69 Å². The minimum atomic E-state index is -0.593. The second-order valence-electron chi connectivity index (χ2n) is 7.32. The fourth-order valence-electron chi connectivity index (χ4n) is 3.24. The molecule has 4 aromatic rings. The number of non-ortho nitro benzene ring substituents is 1. The van der Waals surface area contributed by atoms with Gasteiger partial charge in [-0.1, -0.05) is 30.3 Å². The number of nitro groups is 1. The number of hydrazone groups is 1. The smallest absolute Gasteiger partial charge is 0.307 e. The maximum absolute atomic E-state index is 12.4. The van der Waals surface area contributed by atoms with Gasteiger partial charge in [0, 0.05) is 27.6 Å². The highest BCUT2D eigenvalue weighted by Crippen LogP contribution is 2.34. The summed E-state index contributed by atoms with van der Waals surface area (Å²) in [5.74, 6) is 0.499. The number of furan rings is 1. The Bertz CT molecular complexity index is 1400. The first-order chi connectivity index (χ1) is 16.9. The maximum Gasteiger partial charge on any atom is 0.307 e. The fraction of sp³-hybridized carbons (Fsp3) is 0.120. The number of nitro benzene ring substituents is 1. The standard InChI is InChI=1S/C25H20BrN3O6/c1-2-33-22-12-18(20(26)13-23(22)34-15-16-6-4-3-5-7-16)14-27-28-25(30)24-11-17-10-19(29(31)32)8-9-21(17)35-24/h3-14H,2,15H2,1H3,(H,28,30)/b27-14-. The molecule has 178 valence electrons. The van der Waals surface area contributed by atoms with Crippen molar-refractivity contribution < 1.29 is 23.6 Å². The lowest BCUT2D eigenvalue weighted by Gasteiger charge is -2.14. The van der Waals surface area contributed by atoms with Crippen molar-refractivity contribution in [3.05, 3.63) is 98.2 Å². The van der Waals surface area contributed by atoms with E-state index in [-0.39, 0.29) is 11.4 Å². The van der Waals surface area contributed by atoms with Crippen molar-refractivity contribution in [3.63, 3.8) is 0 Å². The van der Waals surface area contributed by atoms with Gasteiger partial charge < -0.3 is 13.9 Å². The van der Waals surface area contributed by atoms with E-state index >= 15 is 0 Å². The van der Waals surface area contributed by atoms with Gasteiger partial charge in [-0.3, -0.25) is 14.9 Å². The number of hydrogen-bond donors (Lipinski definition) is 1. The number of ether oxygens (including phenoxy) is 2. The van der Waals surface area contributed by atoms with Gasteiger partial charge in [0.15, 0.2) is 17.3 Å². The second-order valence-corrected chi connectivity index (χ2v) is 8.17. The molecule has 10 heteroatoms. The molecule has 1 amide bonds. The first-order valence-electron chi connectivity index (χ1n) is 10.6. The molecule has 35 heavy (non-hydrogen) atoms. The molecule has 0 bridgehead atoms. The molecule has 0 aliphatic rings. The molecule has 0 saturated heterocycles. The highest BCUT2D eigenvalue weighted by atomic mass is 79.9. The second kappa shape index (κ2) is 10.8. The highest BCUT2D eigenvalue weighted by Gasteiger charge is 2.15. The summed E-state index contributed by atoms with van der Waals surface area (Å²) in [6.45, 7) is 2.71. The predicted octanol–water partition coefficient (Wildman–Crippen LogP) is 5.85. The molecule has 0 aliphatic heterocycles. The van der Waals surface area contributed by atoms with Gasteiger partial charge in [0.2, 0.25) is 0 Å². The number of hydrogen-bond acceptors (Lipinski definition) is 7. The molecule has 0 unspecified atom stereocenters. The zero-order valence-electron chi connectivity index (χ0n) is 18.6. The largest absolute Gasteiger partial charge is 0.490 e. The van der Waals surface area contributed by atoms with Crippen molar-refractivity contribution >= 4 is 44.7 Å². The van der Waals surface area contributed by atoms with E-state index in [0.29, 0.717) is 45.7 Å². The summed E-state index contributed by atoms with van der Waals surface area (Å²) in [4.78, 5) is 22.9. The van der Waals surface area contributed by atoms with Crippen LogP contribution in [0.5, 0.6) is 11.5 Å². The Morgan fingerprint density at radius 2 is 1.89 bits per heavy atom. The number of halogens is 1. The van der Waals surface area contributed by atoms with Crippen LogP contribution in [0.15, 0.2) is 80.7 Å². The van der Waals surface area contributed by atoms with Crippen LogP contribution in [0, 0.1) is 10.1 Å². The van der Waals surface area contributed by atoms with Crippen LogP contribution in [0.1, 0.15) is 28.6 Å². The number of carbonyl (C=O) groups is 1. The van der Waals surface area contributed by atoms with Crippen LogP contribution in [0.3, 0.4) is 0 Å². The van der Waals surface area contributed by atoms with Gasteiger partial charge in [-0.05, 0) is 52.7 Å². The molecule has 0 saturated carbocycles. The quantitative estimate of drug-likeness (QED) is 0.163. The van der Waals surface area contributed by atoms with E-state index in [9.17, 15) is 14.9 Å². The topological polar surface area (TPSA) is 116 Å². The lowest BCUT2D eigenvalue weighted by Crippen LogP contribution is -2.16. The van der Waals surface area contributed by atoms with E-state index < -0.39 is 10.8 Å². The van der Waals surface area contributed by atoms with Gasteiger partial charge in [0.05, 0.1) is 17.7 Å². The number of benzene rings is 3. The summed E-state index contributed by atoms with van der Waals surface area (Å²) in [5, 5.41) is 15.4. The van der Waals surface area contributed by atoms with Crippen LogP contribution in [0.25, 0.3) is 11.0 Å². The van der Waals surface area contributed by atoms with Crippen molar-refractivity contribution in [2.45, 2.75) is 13.5 Å². The van der Waals surface area contributed by atoms with E-state index in [4.69, 9.17) is 13.9 Å². The van der Waals surface area contributed by atoms with Gasteiger partial charge in [-0.25, -0.2) is 5.43 Å². The minimum absolute atomic E-state index is 0.0172. The van der Waals surface area contributed by atoms with Crippen molar-refractivity contribution in [1.82, 2.24) is 5.43 Å². The predicted molar refractivity (Wildman–Crippen MR) is 134 cm³/mol. The zero-order valence-corrected chi connectivity index (χ0v) is 20.2. The molecular formula is C25H20BrN3O6. The Morgan fingerprint density at radius 1 is 1.11 bits per heavy atom. The van der Waals surface area contributed by atoms with Crippen LogP contribution in [-0.4, -0.2) is 23.7 Å². The van der Waals surface area contributed by atoms with Crippen molar-refractivity contribution in [2.75, 3.05) is 6.61 Å². The number of carbonyl (C=O) groups excluding carboxylic acids is 1. The summed E-state index contributed by atoms with van der Waals surface area (Å²) in [5.41, 5.74) is 4.35. The van der Waals surface area contributed by atoms with E-state index in [2.05, 4.69) is 26.5 Å². The molecule has 3 aromatic carbocycles. The third kappa shape index (κ3) is 5.85. The third-order valence-electron chi connectivity index (χ3n) is 4.90. The maximum atomic E-state index is 12.4. The van der Waals surface area contributed by atoms with Gasteiger partial charge in [0.1, 0.15) is 12.2 Å². The number of fused-ring (bicyclic) bond motifs is 1. The molecule has 9 nitrogen and oxygen atoms in total. The average molecular weight is 538 g/mol. The van der Waals surface area contributed by atoms with Crippen molar-refractivity contribution in [1.29, 1.82) is 0 Å². The van der Waals surface area contributed by atoms with Crippen LogP contribution in [0.2, 0.25) is 0 Å². The SMILES string of the molecule is CCOc1cc(/C=N\NC(=O)c2cc3cc([N+](=O)[O-])ccc3o2)c(Br)cc1OCc1ccccc1. The van der Waals surface area contributed by atoms with E-state index in [0.717, 1.165) is 5.56 Å². The Hall–Kier alpha value is -4.18. The number of rotatable bonds is 9. The summed E-state index contributed by atoms with van der Waals surface area (Å²) >= 11 is 3.50. The molecule has 4 rings (SSSR count). The Morgan fingerprint density at radius 3 is 2.63 bits per heavy atom. The van der Waals surface area contributed by atoms with Crippen LogP contribution >= 0.6 is 15.9 Å². The number of nitrogens with one attached hydrogen (secondary N) is 1. The van der Waals surface area contributed by atoms with Crippen molar-refractivity contribution in [3.8, 4) is 11.5 Å². The number of nitrogens with zero attached hydrogens (tertiary/aromatic N) is 2. The highest BCUT2D eigenvalue weighted by molar-refractivity contribution is 9.10. The van der Waals surface area contributed by atoms with Crippen LogP contribution in [0.4, 0.5) is 5.69 Å². The third-order valence-corrected chi connectivity index (χ3v) is 5.59. The Labute approximate surface area is 208 Å². The van der Waals surface area contributed by atoms with Gasteiger partial charge in [-0.15, -0.1) is 0 Å².